The first-order valence-electron chi connectivity index (χ1n) is 5.40. The zero-order valence-electron chi connectivity index (χ0n) is 9.02. The molecule has 16 heavy (non-hydrogen) atoms. The Morgan fingerprint density at radius 1 is 1.25 bits per heavy atom. The van der Waals surface area contributed by atoms with E-state index in [9.17, 15) is 4.79 Å². The predicted octanol–water partition coefficient (Wildman–Crippen LogP) is 1.26. The molecule has 0 fully saturated rings. The van der Waals surface area contributed by atoms with Crippen LogP contribution in [0.3, 0.4) is 0 Å². The topological polar surface area (TPSA) is 60.8 Å². The standard InChI is InChI=1S/C12H15NO3/c14-8-9-1-2-10-3-5-13(12(15)16)6-4-11(10)7-9/h1-2,7,14H,3-6,8H2,(H,15,16). The van der Waals surface area contributed by atoms with Crippen LogP contribution in [0, 0.1) is 0 Å². The average Bonchev–Trinajstić information content (AvgIpc) is 2.50. The highest BCUT2D eigenvalue weighted by Gasteiger charge is 2.17. The van der Waals surface area contributed by atoms with E-state index in [2.05, 4.69) is 0 Å². The number of rotatable bonds is 1. The number of carboxylic acid groups (broad SMARTS) is 1. The van der Waals surface area contributed by atoms with Gasteiger partial charge in [0.25, 0.3) is 0 Å². The Balaban J connectivity index is 2.20. The van der Waals surface area contributed by atoms with Crippen LogP contribution in [0.15, 0.2) is 18.2 Å². The zero-order chi connectivity index (χ0) is 11.5. The third kappa shape index (κ3) is 2.17. The fourth-order valence-electron chi connectivity index (χ4n) is 2.07. The molecule has 1 aliphatic rings. The quantitative estimate of drug-likeness (QED) is 0.750. The third-order valence-electron chi connectivity index (χ3n) is 3.03. The van der Waals surface area contributed by atoms with Gasteiger partial charge in [0.05, 0.1) is 6.61 Å². The number of hydrogen-bond donors (Lipinski definition) is 2. The summed E-state index contributed by atoms with van der Waals surface area (Å²) in [6.07, 6.45) is 0.637. The number of fused-ring (bicyclic) bond motifs is 1. The summed E-state index contributed by atoms with van der Waals surface area (Å²) in [7, 11) is 0. The predicted molar refractivity (Wildman–Crippen MR) is 59.4 cm³/mol. The van der Waals surface area contributed by atoms with Crippen molar-refractivity contribution in [1.29, 1.82) is 0 Å². The summed E-state index contributed by atoms with van der Waals surface area (Å²) in [5.74, 6) is 0. The van der Waals surface area contributed by atoms with Crippen molar-refractivity contribution in [1.82, 2.24) is 4.90 Å². The Hall–Kier alpha value is -1.55. The lowest BCUT2D eigenvalue weighted by atomic mass is 10.0. The molecular weight excluding hydrogens is 206 g/mol. The van der Waals surface area contributed by atoms with E-state index in [0.717, 1.165) is 24.0 Å². The first kappa shape index (κ1) is 11.0. The summed E-state index contributed by atoms with van der Waals surface area (Å²) in [5, 5.41) is 18.0. The summed E-state index contributed by atoms with van der Waals surface area (Å²) in [6.45, 7) is 1.13. The van der Waals surface area contributed by atoms with Gasteiger partial charge in [0.15, 0.2) is 0 Å². The second kappa shape index (κ2) is 4.53. The van der Waals surface area contributed by atoms with Crippen LogP contribution >= 0.6 is 0 Å². The molecule has 1 aromatic carbocycles. The van der Waals surface area contributed by atoms with Gasteiger partial charge in [-0.15, -0.1) is 0 Å². The molecule has 0 atom stereocenters. The molecule has 4 nitrogen and oxygen atoms in total. The summed E-state index contributed by atoms with van der Waals surface area (Å²) in [4.78, 5) is 12.3. The van der Waals surface area contributed by atoms with Gasteiger partial charge in [0, 0.05) is 13.1 Å². The first-order chi connectivity index (χ1) is 7.70. The number of aliphatic hydroxyl groups is 1. The van der Waals surface area contributed by atoms with Crippen molar-refractivity contribution in [2.24, 2.45) is 0 Å². The third-order valence-corrected chi connectivity index (χ3v) is 3.03. The zero-order valence-corrected chi connectivity index (χ0v) is 9.02. The maximum Gasteiger partial charge on any atom is 0.407 e. The average molecular weight is 221 g/mol. The Morgan fingerprint density at radius 2 is 1.94 bits per heavy atom. The van der Waals surface area contributed by atoms with Crippen LogP contribution in [0.1, 0.15) is 16.7 Å². The minimum atomic E-state index is -0.852. The second-order valence-corrected chi connectivity index (χ2v) is 4.03. The highest BCUT2D eigenvalue weighted by atomic mass is 16.4. The van der Waals surface area contributed by atoms with Crippen molar-refractivity contribution in [3.63, 3.8) is 0 Å². The van der Waals surface area contributed by atoms with E-state index < -0.39 is 6.09 Å². The summed E-state index contributed by atoms with van der Waals surface area (Å²) < 4.78 is 0. The molecule has 0 saturated carbocycles. The Morgan fingerprint density at radius 3 is 2.56 bits per heavy atom. The molecule has 1 heterocycles. The number of aliphatic hydroxyl groups excluding tert-OH is 1. The van der Waals surface area contributed by atoms with Crippen molar-refractivity contribution in [3.8, 4) is 0 Å². The largest absolute Gasteiger partial charge is 0.465 e. The molecule has 2 N–H and O–H groups in total. The molecule has 86 valence electrons. The molecule has 0 radical (unpaired) electrons. The van der Waals surface area contributed by atoms with Crippen molar-refractivity contribution in [2.45, 2.75) is 19.4 Å². The van der Waals surface area contributed by atoms with E-state index in [1.165, 1.54) is 10.5 Å². The van der Waals surface area contributed by atoms with E-state index >= 15 is 0 Å². The monoisotopic (exact) mass is 221 g/mol. The van der Waals surface area contributed by atoms with Gasteiger partial charge in [0.2, 0.25) is 0 Å². The van der Waals surface area contributed by atoms with Crippen LogP contribution in [-0.2, 0) is 19.4 Å². The molecule has 4 heteroatoms. The lowest BCUT2D eigenvalue weighted by molar-refractivity contribution is 0.147. The van der Waals surface area contributed by atoms with Gasteiger partial charge in [0.1, 0.15) is 0 Å². The molecule has 1 aliphatic heterocycles. The highest BCUT2D eigenvalue weighted by molar-refractivity contribution is 5.65. The molecule has 1 aromatic rings. The van der Waals surface area contributed by atoms with E-state index in [1.54, 1.807) is 0 Å². The maximum absolute atomic E-state index is 10.9. The van der Waals surface area contributed by atoms with Crippen LogP contribution in [0.25, 0.3) is 0 Å². The van der Waals surface area contributed by atoms with E-state index in [-0.39, 0.29) is 6.61 Å². The molecule has 2 rings (SSSR count). The maximum atomic E-state index is 10.9. The van der Waals surface area contributed by atoms with Crippen LogP contribution in [0.4, 0.5) is 4.79 Å². The number of nitrogens with zero attached hydrogens (tertiary/aromatic N) is 1. The van der Waals surface area contributed by atoms with Gasteiger partial charge in [-0.05, 0) is 29.5 Å². The van der Waals surface area contributed by atoms with Gasteiger partial charge >= 0.3 is 6.09 Å². The Labute approximate surface area is 94.1 Å². The molecule has 1 amide bonds. The lowest BCUT2D eigenvalue weighted by Crippen LogP contribution is -2.31. The van der Waals surface area contributed by atoms with E-state index in [0.29, 0.717) is 13.1 Å². The van der Waals surface area contributed by atoms with Crippen LogP contribution < -0.4 is 0 Å². The molecule has 0 bridgehead atoms. The molecule has 0 unspecified atom stereocenters. The summed E-state index contributed by atoms with van der Waals surface area (Å²) >= 11 is 0. The Kier molecular flexibility index (Phi) is 3.10. The minimum absolute atomic E-state index is 0.0376. The number of benzene rings is 1. The lowest BCUT2D eigenvalue weighted by Gasteiger charge is -2.14. The fourth-order valence-corrected chi connectivity index (χ4v) is 2.07. The molecule has 0 saturated heterocycles. The molecule has 0 aliphatic carbocycles. The molecule has 0 spiro atoms. The first-order valence-corrected chi connectivity index (χ1v) is 5.40. The Bertz CT molecular complexity index is 403. The van der Waals surface area contributed by atoms with Crippen molar-refractivity contribution < 1.29 is 15.0 Å². The van der Waals surface area contributed by atoms with Gasteiger partial charge in [-0.25, -0.2) is 4.79 Å². The van der Waals surface area contributed by atoms with Crippen LogP contribution in [-0.4, -0.2) is 34.3 Å². The van der Waals surface area contributed by atoms with Gasteiger partial charge < -0.3 is 15.1 Å². The molecule has 0 aromatic heterocycles. The summed E-state index contributed by atoms with van der Waals surface area (Å²) in [5.41, 5.74) is 3.25. The smallest absolute Gasteiger partial charge is 0.407 e. The number of amides is 1. The van der Waals surface area contributed by atoms with Crippen molar-refractivity contribution in [2.75, 3.05) is 13.1 Å². The fraction of sp³-hybridized carbons (Fsp3) is 0.417. The number of carbonyl (C=O) groups is 1. The number of hydrogen-bond acceptors (Lipinski definition) is 2. The van der Waals surface area contributed by atoms with E-state index in [1.807, 2.05) is 18.2 Å². The minimum Gasteiger partial charge on any atom is -0.465 e. The second-order valence-electron chi connectivity index (χ2n) is 4.03. The van der Waals surface area contributed by atoms with Crippen molar-refractivity contribution >= 4 is 6.09 Å². The van der Waals surface area contributed by atoms with Crippen LogP contribution in [0.5, 0.6) is 0 Å². The van der Waals surface area contributed by atoms with Gasteiger partial charge in [-0.2, -0.15) is 0 Å². The summed E-state index contributed by atoms with van der Waals surface area (Å²) in [6, 6.07) is 5.86. The van der Waals surface area contributed by atoms with Gasteiger partial charge in [-0.3, -0.25) is 0 Å². The van der Waals surface area contributed by atoms with Gasteiger partial charge in [-0.1, -0.05) is 18.2 Å². The van der Waals surface area contributed by atoms with Crippen molar-refractivity contribution in [3.05, 3.63) is 34.9 Å². The highest BCUT2D eigenvalue weighted by Crippen LogP contribution is 2.18. The molecular formula is C12H15NO3. The van der Waals surface area contributed by atoms with E-state index in [4.69, 9.17) is 10.2 Å². The normalized spacial score (nSPS) is 15.4. The SMILES string of the molecule is O=C(O)N1CCc2ccc(CO)cc2CC1. The van der Waals surface area contributed by atoms with Crippen LogP contribution in [0.2, 0.25) is 0 Å².